The molecule has 3 aromatic carbocycles. The van der Waals surface area contributed by atoms with Crippen LogP contribution < -0.4 is 0 Å². The molecule has 0 unspecified atom stereocenters. The molecular weight excluding hydrogens is 332 g/mol. The summed E-state index contributed by atoms with van der Waals surface area (Å²) in [5.74, 6) is 0. The lowest BCUT2D eigenvalue weighted by Crippen LogP contribution is -1.94. The van der Waals surface area contributed by atoms with Crippen molar-refractivity contribution < 1.29 is 0 Å². The topological polar surface area (TPSA) is 65.4 Å². The van der Waals surface area contributed by atoms with Crippen LogP contribution in [0.1, 0.15) is 5.56 Å². The van der Waals surface area contributed by atoms with Crippen LogP contribution in [-0.2, 0) is 0 Å². The van der Waals surface area contributed by atoms with E-state index in [1.807, 2.05) is 72.9 Å². The lowest BCUT2D eigenvalue weighted by Gasteiger charge is -2.05. The second kappa shape index (κ2) is 7.00. The number of hydrogen-bond acceptors (Lipinski definition) is 3. The largest absolute Gasteiger partial charge is 0.240 e. The van der Waals surface area contributed by atoms with Gasteiger partial charge in [0.05, 0.1) is 5.69 Å². The van der Waals surface area contributed by atoms with Crippen LogP contribution in [0.5, 0.6) is 0 Å². The van der Waals surface area contributed by atoms with Crippen molar-refractivity contribution in [3.05, 3.63) is 90.1 Å². The van der Waals surface area contributed by atoms with E-state index in [1.54, 1.807) is 10.8 Å². The van der Waals surface area contributed by atoms with Gasteiger partial charge in [-0.15, -0.1) is 0 Å². The molecule has 27 heavy (non-hydrogen) atoms. The molecule has 4 aromatic rings. The molecule has 0 saturated heterocycles. The van der Waals surface area contributed by atoms with E-state index in [4.69, 9.17) is 5.10 Å². The number of benzene rings is 3. The van der Waals surface area contributed by atoms with Gasteiger partial charge in [-0.05, 0) is 29.0 Å². The van der Waals surface area contributed by atoms with E-state index in [0.29, 0.717) is 0 Å². The highest BCUT2D eigenvalue weighted by atomic mass is 15.3. The van der Waals surface area contributed by atoms with E-state index in [0.717, 1.165) is 33.3 Å². The summed E-state index contributed by atoms with van der Waals surface area (Å²) in [4.78, 5) is 0. The van der Waals surface area contributed by atoms with Gasteiger partial charge in [-0.25, -0.2) is 4.68 Å². The van der Waals surface area contributed by atoms with Crippen molar-refractivity contribution in [1.29, 1.82) is 10.5 Å². The number of rotatable bonds is 3. The van der Waals surface area contributed by atoms with Crippen LogP contribution in [0.25, 0.3) is 33.8 Å². The zero-order valence-corrected chi connectivity index (χ0v) is 14.4. The van der Waals surface area contributed by atoms with Crippen molar-refractivity contribution in [1.82, 2.24) is 9.78 Å². The monoisotopic (exact) mass is 346 g/mol. The van der Waals surface area contributed by atoms with Crippen LogP contribution >= 0.6 is 0 Å². The van der Waals surface area contributed by atoms with Crippen molar-refractivity contribution in [2.45, 2.75) is 0 Å². The fourth-order valence-electron chi connectivity index (χ4n) is 3.09. The van der Waals surface area contributed by atoms with Gasteiger partial charge in [0.25, 0.3) is 0 Å². The number of aromatic nitrogens is 2. The van der Waals surface area contributed by atoms with Gasteiger partial charge in [0.15, 0.2) is 0 Å². The van der Waals surface area contributed by atoms with Crippen molar-refractivity contribution in [2.75, 3.05) is 0 Å². The molecule has 0 N–H and O–H groups in total. The standard InChI is InChI=1S/C23H14N4/c24-14-17(15-25)13-19-16-27(20-9-2-1-3-10-20)26-23(19)22-12-6-8-18-7-4-5-11-21(18)22/h1-13,16H. The maximum absolute atomic E-state index is 9.18. The fourth-order valence-corrected chi connectivity index (χ4v) is 3.09. The minimum absolute atomic E-state index is 0.0455. The Morgan fingerprint density at radius 2 is 1.56 bits per heavy atom. The van der Waals surface area contributed by atoms with Crippen LogP contribution in [0.15, 0.2) is 84.6 Å². The van der Waals surface area contributed by atoms with Crippen molar-refractivity contribution in [2.24, 2.45) is 0 Å². The zero-order chi connectivity index (χ0) is 18.6. The number of hydrogen-bond donors (Lipinski definition) is 0. The Morgan fingerprint density at radius 3 is 2.33 bits per heavy atom. The number of allylic oxidation sites excluding steroid dienone is 1. The molecule has 0 atom stereocenters. The molecule has 0 spiro atoms. The van der Waals surface area contributed by atoms with Crippen LogP contribution in [0.3, 0.4) is 0 Å². The van der Waals surface area contributed by atoms with Crippen molar-refractivity contribution in [3.8, 4) is 29.1 Å². The van der Waals surface area contributed by atoms with E-state index in [1.165, 1.54) is 0 Å². The predicted molar refractivity (Wildman–Crippen MR) is 106 cm³/mol. The summed E-state index contributed by atoms with van der Waals surface area (Å²) < 4.78 is 1.77. The number of fused-ring (bicyclic) bond motifs is 1. The molecule has 0 bridgehead atoms. The first-order chi connectivity index (χ1) is 13.3. The van der Waals surface area contributed by atoms with E-state index in [2.05, 4.69) is 18.2 Å². The van der Waals surface area contributed by atoms with E-state index in [9.17, 15) is 10.5 Å². The smallest absolute Gasteiger partial charge is 0.130 e. The summed E-state index contributed by atoms with van der Waals surface area (Å²) in [6.45, 7) is 0. The average Bonchev–Trinajstić information content (AvgIpc) is 3.16. The summed E-state index contributed by atoms with van der Waals surface area (Å²) in [7, 11) is 0. The molecule has 0 radical (unpaired) electrons. The fraction of sp³-hybridized carbons (Fsp3) is 0. The van der Waals surface area contributed by atoms with Crippen LogP contribution in [0.4, 0.5) is 0 Å². The maximum Gasteiger partial charge on any atom is 0.130 e. The van der Waals surface area contributed by atoms with Gasteiger partial charge in [-0.1, -0.05) is 60.7 Å². The SMILES string of the molecule is N#CC(C#N)=Cc1cn(-c2ccccc2)nc1-c1cccc2ccccc12. The number of para-hydroxylation sites is 1. The van der Waals surface area contributed by atoms with Gasteiger partial charge in [0.2, 0.25) is 0 Å². The molecule has 4 heteroatoms. The highest BCUT2D eigenvalue weighted by Gasteiger charge is 2.14. The molecule has 126 valence electrons. The third-order valence-electron chi connectivity index (χ3n) is 4.35. The zero-order valence-electron chi connectivity index (χ0n) is 14.4. The Bertz CT molecular complexity index is 1210. The molecule has 0 aliphatic carbocycles. The average molecular weight is 346 g/mol. The summed E-state index contributed by atoms with van der Waals surface area (Å²) in [5, 5.41) is 25.3. The minimum Gasteiger partial charge on any atom is -0.240 e. The minimum atomic E-state index is 0.0455. The van der Waals surface area contributed by atoms with Crippen LogP contribution in [-0.4, -0.2) is 9.78 Å². The Balaban J connectivity index is 1.99. The van der Waals surface area contributed by atoms with Gasteiger partial charge in [-0.3, -0.25) is 0 Å². The van der Waals surface area contributed by atoms with E-state index in [-0.39, 0.29) is 5.57 Å². The molecule has 4 nitrogen and oxygen atoms in total. The lowest BCUT2D eigenvalue weighted by atomic mass is 9.99. The summed E-state index contributed by atoms with van der Waals surface area (Å²) in [6.07, 6.45) is 3.44. The summed E-state index contributed by atoms with van der Waals surface area (Å²) in [6, 6.07) is 27.8. The lowest BCUT2D eigenvalue weighted by molar-refractivity contribution is 0.884. The summed E-state index contributed by atoms with van der Waals surface area (Å²) in [5.41, 5.74) is 3.38. The number of nitriles is 2. The Kier molecular flexibility index (Phi) is 4.23. The highest BCUT2D eigenvalue weighted by molar-refractivity contribution is 5.97. The van der Waals surface area contributed by atoms with Gasteiger partial charge in [0.1, 0.15) is 23.4 Å². The van der Waals surface area contributed by atoms with Crippen molar-refractivity contribution in [3.63, 3.8) is 0 Å². The normalized spacial score (nSPS) is 10.1. The molecule has 0 saturated carbocycles. The van der Waals surface area contributed by atoms with Gasteiger partial charge in [0, 0.05) is 17.3 Å². The quantitative estimate of drug-likeness (QED) is 0.483. The first-order valence-electron chi connectivity index (χ1n) is 8.45. The Morgan fingerprint density at radius 1 is 0.852 bits per heavy atom. The molecule has 0 amide bonds. The highest BCUT2D eigenvalue weighted by Crippen LogP contribution is 2.31. The van der Waals surface area contributed by atoms with Gasteiger partial charge in [-0.2, -0.15) is 15.6 Å². The molecular formula is C23H14N4. The molecule has 1 aromatic heterocycles. The second-order valence-corrected chi connectivity index (χ2v) is 6.02. The van der Waals surface area contributed by atoms with E-state index < -0.39 is 0 Å². The first kappa shape index (κ1) is 16.3. The predicted octanol–water partition coefficient (Wildman–Crippen LogP) is 5.12. The molecule has 1 heterocycles. The molecule has 0 fully saturated rings. The van der Waals surface area contributed by atoms with E-state index >= 15 is 0 Å². The Labute approximate surface area is 156 Å². The first-order valence-corrected chi connectivity index (χ1v) is 8.45. The van der Waals surface area contributed by atoms with Crippen LogP contribution in [0.2, 0.25) is 0 Å². The maximum atomic E-state index is 9.18. The van der Waals surface area contributed by atoms with Gasteiger partial charge >= 0.3 is 0 Å². The van der Waals surface area contributed by atoms with Gasteiger partial charge < -0.3 is 0 Å². The van der Waals surface area contributed by atoms with Crippen molar-refractivity contribution >= 4 is 16.8 Å². The van der Waals surface area contributed by atoms with Crippen LogP contribution in [0, 0.1) is 22.7 Å². The molecule has 4 rings (SSSR count). The second-order valence-electron chi connectivity index (χ2n) is 6.02. The molecule has 0 aliphatic heterocycles. The third-order valence-corrected chi connectivity index (χ3v) is 4.35. The third kappa shape index (κ3) is 3.08. The number of nitrogens with zero attached hydrogens (tertiary/aromatic N) is 4. The summed E-state index contributed by atoms with van der Waals surface area (Å²) >= 11 is 0. The molecule has 0 aliphatic rings. The Hall–Kier alpha value is -4.15.